The molecule has 25 heavy (non-hydrogen) atoms. The number of nitrogens with one attached hydrogen (secondary N) is 1. The van der Waals surface area contributed by atoms with Crippen molar-refractivity contribution in [3.8, 4) is 21.1 Å². The Hall–Kier alpha value is -2.05. The van der Waals surface area contributed by atoms with Gasteiger partial charge in [-0.15, -0.1) is 22.7 Å². The van der Waals surface area contributed by atoms with Crippen molar-refractivity contribution in [3.05, 3.63) is 52.5 Å². The lowest BCUT2D eigenvalue weighted by Crippen LogP contribution is -2.34. The number of halogens is 1. The van der Waals surface area contributed by atoms with E-state index in [0.29, 0.717) is 6.54 Å². The van der Waals surface area contributed by atoms with Crippen LogP contribution in [0.4, 0.5) is 4.39 Å². The number of rotatable bonds is 4. The predicted octanol–water partition coefficient (Wildman–Crippen LogP) is 5.34. The van der Waals surface area contributed by atoms with Crippen molar-refractivity contribution in [3.63, 3.8) is 0 Å². The molecule has 0 aliphatic heterocycles. The largest absolute Gasteiger partial charge is 0.351 e. The Labute approximate surface area is 154 Å². The first-order valence-electron chi connectivity index (χ1n) is 7.92. The zero-order valence-corrected chi connectivity index (χ0v) is 15.9. The average Bonchev–Trinajstić information content (AvgIpc) is 3.20. The lowest BCUT2D eigenvalue weighted by Gasteiger charge is -2.17. The zero-order valence-electron chi connectivity index (χ0n) is 14.3. The molecule has 0 unspecified atom stereocenters. The van der Waals surface area contributed by atoms with Crippen LogP contribution in [0, 0.1) is 11.2 Å². The summed E-state index contributed by atoms with van der Waals surface area (Å²) in [6, 6.07) is 10.5. The summed E-state index contributed by atoms with van der Waals surface area (Å²) in [4.78, 5) is 18.7. The first-order chi connectivity index (χ1) is 11.8. The van der Waals surface area contributed by atoms with Crippen molar-refractivity contribution < 1.29 is 9.18 Å². The maximum atomic E-state index is 13.4. The molecule has 0 bridgehead atoms. The van der Waals surface area contributed by atoms with Crippen LogP contribution < -0.4 is 5.32 Å². The van der Waals surface area contributed by atoms with Crippen LogP contribution in [0.3, 0.4) is 0 Å². The third-order valence-corrected chi connectivity index (χ3v) is 5.59. The molecule has 1 amide bonds. The molecule has 1 N–H and O–H groups in total. The van der Waals surface area contributed by atoms with Crippen LogP contribution >= 0.6 is 22.7 Å². The molecule has 3 nitrogen and oxygen atoms in total. The second-order valence-electron chi connectivity index (χ2n) is 6.75. The Morgan fingerprint density at radius 1 is 1.24 bits per heavy atom. The molecular weight excluding hydrogens is 355 g/mol. The number of thiophene rings is 1. The summed E-state index contributed by atoms with van der Waals surface area (Å²) in [6.07, 6.45) is 0. The second kappa shape index (κ2) is 7.06. The Morgan fingerprint density at radius 2 is 2.04 bits per heavy atom. The van der Waals surface area contributed by atoms with E-state index in [9.17, 15) is 9.18 Å². The number of benzene rings is 1. The van der Waals surface area contributed by atoms with Crippen molar-refractivity contribution in [2.45, 2.75) is 27.3 Å². The SMILES string of the molecule is CC(C)(C)C(=O)NCc1ccc(-c2csc(-c3cccc(F)c3)n2)s1. The molecule has 2 heterocycles. The highest BCUT2D eigenvalue weighted by atomic mass is 32.1. The fourth-order valence-corrected chi connectivity index (χ4v) is 3.98. The van der Waals surface area contributed by atoms with Gasteiger partial charge in [0.15, 0.2) is 0 Å². The van der Waals surface area contributed by atoms with Crippen LogP contribution in [0.1, 0.15) is 25.6 Å². The monoisotopic (exact) mass is 374 g/mol. The molecule has 1 aromatic carbocycles. The molecule has 0 spiro atoms. The van der Waals surface area contributed by atoms with Gasteiger partial charge in [0.25, 0.3) is 0 Å². The highest BCUT2D eigenvalue weighted by Crippen LogP contribution is 2.33. The molecule has 3 rings (SSSR count). The van der Waals surface area contributed by atoms with Gasteiger partial charge in [0.05, 0.1) is 17.1 Å². The molecule has 2 aromatic heterocycles. The fraction of sp³-hybridized carbons (Fsp3) is 0.263. The van der Waals surface area contributed by atoms with E-state index >= 15 is 0 Å². The van der Waals surface area contributed by atoms with Gasteiger partial charge in [-0.1, -0.05) is 32.9 Å². The van der Waals surface area contributed by atoms with E-state index in [4.69, 9.17) is 0 Å². The van der Waals surface area contributed by atoms with Crippen LogP contribution in [0.15, 0.2) is 41.8 Å². The summed E-state index contributed by atoms with van der Waals surface area (Å²) < 4.78 is 13.4. The van der Waals surface area contributed by atoms with Crippen molar-refractivity contribution >= 4 is 28.6 Å². The summed E-state index contributed by atoms with van der Waals surface area (Å²) in [5, 5.41) is 5.73. The lowest BCUT2D eigenvalue weighted by molar-refractivity contribution is -0.128. The average molecular weight is 375 g/mol. The normalized spacial score (nSPS) is 11.5. The second-order valence-corrected chi connectivity index (χ2v) is 8.77. The number of thiazole rings is 1. The van der Waals surface area contributed by atoms with Gasteiger partial charge in [0.2, 0.25) is 5.91 Å². The Bertz CT molecular complexity index is 893. The molecule has 0 radical (unpaired) electrons. The topological polar surface area (TPSA) is 42.0 Å². The van der Waals surface area contributed by atoms with E-state index in [1.54, 1.807) is 17.4 Å². The number of hydrogen-bond donors (Lipinski definition) is 1. The first-order valence-corrected chi connectivity index (χ1v) is 9.61. The molecule has 0 aliphatic rings. The molecule has 6 heteroatoms. The number of aromatic nitrogens is 1. The smallest absolute Gasteiger partial charge is 0.225 e. The van der Waals surface area contributed by atoms with E-state index in [-0.39, 0.29) is 11.7 Å². The predicted molar refractivity (Wildman–Crippen MR) is 102 cm³/mol. The van der Waals surface area contributed by atoms with Crippen LogP contribution in [0.25, 0.3) is 21.1 Å². The highest BCUT2D eigenvalue weighted by Gasteiger charge is 2.20. The minimum Gasteiger partial charge on any atom is -0.351 e. The van der Waals surface area contributed by atoms with Gasteiger partial charge in [0.1, 0.15) is 10.8 Å². The molecule has 0 saturated carbocycles. The minimum atomic E-state index is -0.394. The minimum absolute atomic E-state index is 0.0319. The third kappa shape index (κ3) is 4.32. The molecule has 0 atom stereocenters. The molecule has 3 aromatic rings. The Morgan fingerprint density at radius 3 is 2.76 bits per heavy atom. The fourth-order valence-electron chi connectivity index (χ4n) is 2.18. The summed E-state index contributed by atoms with van der Waals surface area (Å²) in [6.45, 7) is 6.20. The van der Waals surface area contributed by atoms with Gasteiger partial charge in [-0.3, -0.25) is 4.79 Å². The van der Waals surface area contributed by atoms with Gasteiger partial charge in [-0.2, -0.15) is 0 Å². The van der Waals surface area contributed by atoms with E-state index in [2.05, 4.69) is 10.3 Å². The number of nitrogens with zero attached hydrogens (tertiary/aromatic N) is 1. The van der Waals surface area contributed by atoms with E-state index in [1.165, 1.54) is 23.5 Å². The lowest BCUT2D eigenvalue weighted by atomic mass is 9.96. The van der Waals surface area contributed by atoms with Crippen LogP contribution in [0.2, 0.25) is 0 Å². The molecule has 0 saturated heterocycles. The summed E-state index contributed by atoms with van der Waals surface area (Å²) in [7, 11) is 0. The molecule has 0 fully saturated rings. The number of hydrogen-bond acceptors (Lipinski definition) is 4. The molecule has 130 valence electrons. The zero-order chi connectivity index (χ0) is 18.0. The van der Waals surface area contributed by atoms with E-state index in [1.807, 2.05) is 44.4 Å². The van der Waals surface area contributed by atoms with Gasteiger partial charge < -0.3 is 5.32 Å². The van der Waals surface area contributed by atoms with Crippen LogP contribution in [-0.2, 0) is 11.3 Å². The summed E-state index contributed by atoms with van der Waals surface area (Å²) in [5.41, 5.74) is 1.27. The first kappa shape index (κ1) is 17.8. The van der Waals surface area contributed by atoms with Crippen molar-refractivity contribution in [2.24, 2.45) is 5.41 Å². The van der Waals surface area contributed by atoms with Crippen LogP contribution in [0.5, 0.6) is 0 Å². The van der Waals surface area contributed by atoms with Gasteiger partial charge in [-0.25, -0.2) is 9.37 Å². The summed E-state index contributed by atoms with van der Waals surface area (Å²) >= 11 is 3.10. The van der Waals surface area contributed by atoms with E-state index < -0.39 is 5.41 Å². The molecule has 0 aliphatic carbocycles. The van der Waals surface area contributed by atoms with Gasteiger partial charge in [-0.05, 0) is 24.3 Å². The summed E-state index contributed by atoms with van der Waals surface area (Å²) in [5.74, 6) is -0.230. The maximum Gasteiger partial charge on any atom is 0.225 e. The van der Waals surface area contributed by atoms with Crippen LogP contribution in [-0.4, -0.2) is 10.9 Å². The van der Waals surface area contributed by atoms with Gasteiger partial charge in [0, 0.05) is 21.2 Å². The highest BCUT2D eigenvalue weighted by molar-refractivity contribution is 7.16. The number of carbonyl (C=O) groups is 1. The molecular formula is C19H19FN2OS2. The van der Waals surface area contributed by atoms with Crippen molar-refractivity contribution in [1.29, 1.82) is 0 Å². The quantitative estimate of drug-likeness (QED) is 0.670. The van der Waals surface area contributed by atoms with Gasteiger partial charge >= 0.3 is 0 Å². The Kier molecular flexibility index (Phi) is 5.01. The third-order valence-electron chi connectivity index (χ3n) is 3.59. The van der Waals surface area contributed by atoms with E-state index in [0.717, 1.165) is 26.0 Å². The van der Waals surface area contributed by atoms with Crippen molar-refractivity contribution in [2.75, 3.05) is 0 Å². The van der Waals surface area contributed by atoms with Crippen molar-refractivity contribution in [1.82, 2.24) is 10.3 Å². The maximum absolute atomic E-state index is 13.4. The number of amides is 1. The number of carbonyl (C=O) groups excluding carboxylic acids is 1. The standard InChI is InChI=1S/C19H19FN2OS2/c1-19(2,3)18(23)21-10-14-7-8-16(25-14)15-11-24-17(22-15)12-5-4-6-13(20)9-12/h4-9,11H,10H2,1-3H3,(H,21,23). The Balaban J connectivity index is 1.72.